The van der Waals surface area contributed by atoms with E-state index in [0.29, 0.717) is 36.5 Å². The van der Waals surface area contributed by atoms with E-state index in [1.165, 1.54) is 16.2 Å². The van der Waals surface area contributed by atoms with E-state index < -0.39 is 6.09 Å². The number of aryl methyl sites for hydroxylation is 1. The number of thiazole rings is 1. The maximum absolute atomic E-state index is 12.9. The molecular formula is C17H18N4O4S. The van der Waals surface area contributed by atoms with E-state index in [0.717, 1.165) is 5.13 Å². The second-order valence-electron chi connectivity index (χ2n) is 6.34. The van der Waals surface area contributed by atoms with Crippen LogP contribution in [0.2, 0.25) is 0 Å². The average Bonchev–Trinajstić information content (AvgIpc) is 3.36. The molecule has 0 saturated carbocycles. The van der Waals surface area contributed by atoms with Gasteiger partial charge in [0.25, 0.3) is 11.8 Å². The van der Waals surface area contributed by atoms with E-state index in [2.05, 4.69) is 4.98 Å². The van der Waals surface area contributed by atoms with Gasteiger partial charge in [-0.05, 0) is 31.9 Å². The Hall–Kier alpha value is -2.68. The van der Waals surface area contributed by atoms with Gasteiger partial charge in [-0.2, -0.15) is 0 Å². The summed E-state index contributed by atoms with van der Waals surface area (Å²) in [5.41, 5.74) is 0.712. The summed E-state index contributed by atoms with van der Waals surface area (Å²) in [4.78, 5) is 44.4. The fourth-order valence-electron chi connectivity index (χ4n) is 3.34. The molecule has 136 valence electrons. The Bertz CT molecular complexity index is 836. The lowest BCUT2D eigenvalue weighted by Crippen LogP contribution is -2.48. The number of likely N-dealkylation sites (tertiary alicyclic amines) is 1. The molecule has 0 bridgehead atoms. The number of imide groups is 1. The Labute approximate surface area is 154 Å². The summed E-state index contributed by atoms with van der Waals surface area (Å²) < 4.78 is 6.66. The van der Waals surface area contributed by atoms with Crippen molar-refractivity contribution in [1.82, 2.24) is 19.4 Å². The number of piperidine rings is 1. The van der Waals surface area contributed by atoms with Crippen LogP contribution in [0.3, 0.4) is 0 Å². The van der Waals surface area contributed by atoms with Crippen LogP contribution in [-0.2, 0) is 9.53 Å². The van der Waals surface area contributed by atoms with Crippen LogP contribution in [0.1, 0.15) is 28.2 Å². The predicted molar refractivity (Wildman–Crippen MR) is 93.3 cm³/mol. The molecule has 4 rings (SSSR count). The number of ether oxygens (including phenoxy) is 1. The number of nitrogens with zero attached hydrogens (tertiary/aromatic N) is 4. The zero-order valence-electron chi connectivity index (χ0n) is 14.3. The molecule has 0 aromatic carbocycles. The molecule has 0 spiro atoms. The number of hydrogen-bond acceptors (Lipinski definition) is 6. The van der Waals surface area contributed by atoms with Crippen molar-refractivity contribution in [3.8, 4) is 5.13 Å². The Morgan fingerprint density at radius 1 is 1.23 bits per heavy atom. The van der Waals surface area contributed by atoms with Gasteiger partial charge in [0, 0.05) is 31.5 Å². The minimum absolute atomic E-state index is 0.0489. The lowest BCUT2D eigenvalue weighted by molar-refractivity contribution is -0.127. The fraction of sp³-hybridized carbons (Fsp3) is 0.412. The van der Waals surface area contributed by atoms with Gasteiger partial charge >= 0.3 is 6.09 Å². The van der Waals surface area contributed by atoms with Crippen LogP contribution >= 0.6 is 11.3 Å². The second kappa shape index (κ2) is 6.56. The summed E-state index contributed by atoms with van der Waals surface area (Å²) in [6, 6.07) is 3.63. The molecule has 8 nitrogen and oxygen atoms in total. The summed E-state index contributed by atoms with van der Waals surface area (Å²) in [5, 5.41) is 0.760. The van der Waals surface area contributed by atoms with Crippen LogP contribution in [0.4, 0.5) is 4.79 Å². The molecule has 0 N–H and O–H groups in total. The van der Waals surface area contributed by atoms with E-state index >= 15 is 0 Å². The number of carbonyl (C=O) groups excluding carboxylic acids is 3. The van der Waals surface area contributed by atoms with Crippen LogP contribution in [0.25, 0.3) is 5.13 Å². The molecule has 0 unspecified atom stereocenters. The molecule has 0 atom stereocenters. The van der Waals surface area contributed by atoms with Crippen LogP contribution in [0.15, 0.2) is 24.5 Å². The van der Waals surface area contributed by atoms with Gasteiger partial charge in [-0.25, -0.2) is 14.7 Å². The van der Waals surface area contributed by atoms with Crippen LogP contribution in [0, 0.1) is 6.92 Å². The van der Waals surface area contributed by atoms with Crippen LogP contribution < -0.4 is 0 Å². The molecule has 26 heavy (non-hydrogen) atoms. The molecule has 2 aliphatic rings. The van der Waals surface area contributed by atoms with Gasteiger partial charge in [-0.1, -0.05) is 11.3 Å². The number of carbonyl (C=O) groups is 3. The van der Waals surface area contributed by atoms with E-state index in [1.54, 1.807) is 4.90 Å². The van der Waals surface area contributed by atoms with Gasteiger partial charge in [-0.15, -0.1) is 0 Å². The highest BCUT2D eigenvalue weighted by Crippen LogP contribution is 2.26. The summed E-state index contributed by atoms with van der Waals surface area (Å²) in [6.45, 7) is 2.65. The molecule has 3 amide bonds. The van der Waals surface area contributed by atoms with Gasteiger partial charge in [0.05, 0.1) is 5.69 Å². The van der Waals surface area contributed by atoms with Crippen molar-refractivity contribution in [3.05, 3.63) is 35.1 Å². The summed E-state index contributed by atoms with van der Waals surface area (Å²) in [6.07, 6.45) is 4.34. The standard InChI is InChI=1S/C17H18N4O4S/c1-11-14(26-16(18-11)20-6-2-3-7-20)15(23)19-8-4-12(5-9-19)21-13(22)10-25-17(21)24/h2-3,6-7,12H,4-5,8-10H2,1H3. The minimum Gasteiger partial charge on any atom is -0.439 e. The molecule has 2 aromatic heterocycles. The van der Waals surface area contributed by atoms with Gasteiger partial charge < -0.3 is 14.2 Å². The smallest absolute Gasteiger partial charge is 0.417 e. The number of cyclic esters (lactones) is 1. The summed E-state index contributed by atoms with van der Waals surface area (Å²) in [7, 11) is 0. The van der Waals surface area contributed by atoms with Gasteiger partial charge in [0.15, 0.2) is 11.7 Å². The zero-order chi connectivity index (χ0) is 18.3. The first kappa shape index (κ1) is 16.8. The maximum atomic E-state index is 12.9. The first-order valence-electron chi connectivity index (χ1n) is 8.43. The van der Waals surface area contributed by atoms with Crippen LogP contribution in [-0.4, -0.2) is 63.0 Å². The highest BCUT2D eigenvalue weighted by molar-refractivity contribution is 7.16. The van der Waals surface area contributed by atoms with Crippen LogP contribution in [0.5, 0.6) is 0 Å². The van der Waals surface area contributed by atoms with Crippen molar-refractivity contribution >= 4 is 29.2 Å². The zero-order valence-corrected chi connectivity index (χ0v) is 15.1. The third kappa shape index (κ3) is 2.88. The number of hydrogen-bond donors (Lipinski definition) is 0. The normalized spacial score (nSPS) is 18.5. The average molecular weight is 374 g/mol. The number of amides is 3. The Balaban J connectivity index is 1.44. The van der Waals surface area contributed by atoms with Crippen molar-refractivity contribution in [3.63, 3.8) is 0 Å². The fourth-order valence-corrected chi connectivity index (χ4v) is 4.34. The lowest BCUT2D eigenvalue weighted by Gasteiger charge is -2.34. The molecule has 4 heterocycles. The maximum Gasteiger partial charge on any atom is 0.417 e. The van der Waals surface area contributed by atoms with E-state index in [9.17, 15) is 14.4 Å². The second-order valence-corrected chi connectivity index (χ2v) is 7.32. The Morgan fingerprint density at radius 2 is 1.92 bits per heavy atom. The van der Waals surface area contributed by atoms with E-state index in [1.807, 2.05) is 36.0 Å². The third-order valence-corrected chi connectivity index (χ3v) is 5.87. The highest BCUT2D eigenvalue weighted by Gasteiger charge is 2.39. The van der Waals surface area contributed by atoms with Crippen molar-refractivity contribution in [2.75, 3.05) is 19.7 Å². The molecule has 9 heteroatoms. The number of rotatable bonds is 3. The van der Waals surface area contributed by atoms with Gasteiger partial charge in [0.2, 0.25) is 0 Å². The van der Waals surface area contributed by atoms with E-state index in [-0.39, 0.29) is 24.5 Å². The van der Waals surface area contributed by atoms with Crippen molar-refractivity contribution in [1.29, 1.82) is 0 Å². The van der Waals surface area contributed by atoms with Crippen molar-refractivity contribution in [2.45, 2.75) is 25.8 Å². The topological polar surface area (TPSA) is 84.7 Å². The summed E-state index contributed by atoms with van der Waals surface area (Å²) in [5.74, 6) is -0.346. The quantitative estimate of drug-likeness (QED) is 0.818. The van der Waals surface area contributed by atoms with Gasteiger partial charge in [-0.3, -0.25) is 9.59 Å². The molecule has 2 aromatic rings. The first-order chi connectivity index (χ1) is 12.5. The van der Waals surface area contributed by atoms with Crippen molar-refractivity contribution < 1.29 is 19.1 Å². The first-order valence-corrected chi connectivity index (χ1v) is 9.25. The third-order valence-electron chi connectivity index (χ3n) is 4.71. The predicted octanol–water partition coefficient (Wildman–Crippen LogP) is 1.83. The molecular weight excluding hydrogens is 356 g/mol. The lowest BCUT2D eigenvalue weighted by atomic mass is 10.0. The van der Waals surface area contributed by atoms with E-state index in [4.69, 9.17) is 4.74 Å². The highest BCUT2D eigenvalue weighted by atomic mass is 32.1. The summed E-state index contributed by atoms with van der Waals surface area (Å²) >= 11 is 1.37. The SMILES string of the molecule is Cc1nc(-n2cccc2)sc1C(=O)N1CCC(N2C(=O)COC2=O)CC1. The molecule has 0 aliphatic carbocycles. The molecule has 2 fully saturated rings. The number of aromatic nitrogens is 2. The molecule has 2 aliphatic heterocycles. The Kier molecular flexibility index (Phi) is 4.23. The van der Waals surface area contributed by atoms with Crippen molar-refractivity contribution in [2.24, 2.45) is 0 Å². The van der Waals surface area contributed by atoms with Gasteiger partial charge in [0.1, 0.15) is 4.88 Å². The monoisotopic (exact) mass is 374 g/mol. The molecule has 0 radical (unpaired) electrons. The Morgan fingerprint density at radius 3 is 2.54 bits per heavy atom. The minimum atomic E-state index is -0.575. The molecule has 2 saturated heterocycles. The largest absolute Gasteiger partial charge is 0.439 e.